The number of hydrogen-bond acceptors (Lipinski definition) is 1. The zero-order valence-electron chi connectivity index (χ0n) is 8.70. The third-order valence-electron chi connectivity index (χ3n) is 2.86. The molecule has 1 heteroatoms. The van der Waals surface area contributed by atoms with Gasteiger partial charge in [0.05, 0.1) is 0 Å². The summed E-state index contributed by atoms with van der Waals surface area (Å²) in [5, 5.41) is 2.59. The fraction of sp³-hybridized carbons (Fsp3) is 0.308. The average molecular weight is 185 g/mol. The molecular formula is C13H15N. The van der Waals surface area contributed by atoms with Gasteiger partial charge < -0.3 is 0 Å². The first-order valence-corrected chi connectivity index (χ1v) is 5.15. The van der Waals surface area contributed by atoms with E-state index in [2.05, 4.69) is 43.1 Å². The van der Waals surface area contributed by atoms with Gasteiger partial charge in [-0.3, -0.25) is 4.98 Å². The first-order chi connectivity index (χ1) is 6.83. The molecule has 72 valence electrons. The Labute approximate surface area is 84.8 Å². The van der Waals surface area contributed by atoms with Crippen LogP contribution in [0.3, 0.4) is 0 Å². The summed E-state index contributed by atoms with van der Waals surface area (Å²) >= 11 is 0. The molecule has 0 saturated heterocycles. The number of aromatic nitrogens is 1. The summed E-state index contributed by atoms with van der Waals surface area (Å²) in [6, 6.07) is 8.55. The smallest absolute Gasteiger partial charge is 0.0349 e. The van der Waals surface area contributed by atoms with Crippen LogP contribution >= 0.6 is 0 Å². The molecule has 0 amide bonds. The molecule has 0 saturated carbocycles. The van der Waals surface area contributed by atoms with E-state index < -0.39 is 0 Å². The van der Waals surface area contributed by atoms with Crippen molar-refractivity contribution in [2.24, 2.45) is 0 Å². The van der Waals surface area contributed by atoms with Gasteiger partial charge in [0.25, 0.3) is 0 Å². The largest absolute Gasteiger partial charge is 0.264 e. The van der Waals surface area contributed by atoms with Crippen molar-refractivity contribution in [3.63, 3.8) is 0 Å². The summed E-state index contributed by atoms with van der Waals surface area (Å²) in [5.74, 6) is 0.614. The van der Waals surface area contributed by atoms with Crippen molar-refractivity contribution >= 4 is 10.8 Å². The Hall–Kier alpha value is -1.37. The van der Waals surface area contributed by atoms with Crippen LogP contribution < -0.4 is 0 Å². The van der Waals surface area contributed by atoms with Crippen LogP contribution in [0.5, 0.6) is 0 Å². The molecule has 1 atom stereocenters. The van der Waals surface area contributed by atoms with Gasteiger partial charge in [0.2, 0.25) is 0 Å². The summed E-state index contributed by atoms with van der Waals surface area (Å²) in [5.41, 5.74) is 1.41. The molecule has 0 N–H and O–H groups in total. The van der Waals surface area contributed by atoms with E-state index in [1.54, 1.807) is 0 Å². The van der Waals surface area contributed by atoms with Crippen molar-refractivity contribution in [3.8, 4) is 0 Å². The van der Waals surface area contributed by atoms with E-state index in [0.717, 1.165) is 0 Å². The Morgan fingerprint density at radius 3 is 2.93 bits per heavy atom. The SMILES string of the molecule is CCC(C)c1cccc2ccncc12. The van der Waals surface area contributed by atoms with Gasteiger partial charge in [0.15, 0.2) is 0 Å². The molecule has 0 radical (unpaired) electrons. The molecule has 0 aliphatic carbocycles. The first-order valence-electron chi connectivity index (χ1n) is 5.15. The van der Waals surface area contributed by atoms with Crippen LogP contribution in [0.2, 0.25) is 0 Å². The van der Waals surface area contributed by atoms with E-state index in [4.69, 9.17) is 0 Å². The van der Waals surface area contributed by atoms with Gasteiger partial charge in [-0.1, -0.05) is 32.0 Å². The van der Waals surface area contributed by atoms with Crippen molar-refractivity contribution in [3.05, 3.63) is 42.2 Å². The van der Waals surface area contributed by atoms with E-state index in [-0.39, 0.29) is 0 Å². The first kappa shape index (κ1) is 9.20. The predicted octanol–water partition coefficient (Wildman–Crippen LogP) is 3.75. The van der Waals surface area contributed by atoms with Crippen LogP contribution in [0.25, 0.3) is 10.8 Å². The van der Waals surface area contributed by atoms with Crippen LogP contribution in [0.4, 0.5) is 0 Å². The molecule has 1 unspecified atom stereocenters. The second kappa shape index (κ2) is 3.79. The van der Waals surface area contributed by atoms with Gasteiger partial charge in [0.1, 0.15) is 0 Å². The Bertz CT molecular complexity index is 429. The van der Waals surface area contributed by atoms with Crippen LogP contribution in [-0.2, 0) is 0 Å². The molecule has 0 aliphatic heterocycles. The van der Waals surface area contributed by atoms with E-state index in [1.165, 1.54) is 22.8 Å². The summed E-state index contributed by atoms with van der Waals surface area (Å²) < 4.78 is 0. The highest BCUT2D eigenvalue weighted by molar-refractivity contribution is 5.85. The molecule has 1 aromatic heterocycles. The Balaban J connectivity index is 2.65. The molecule has 1 nitrogen and oxygen atoms in total. The lowest BCUT2D eigenvalue weighted by Gasteiger charge is -2.11. The van der Waals surface area contributed by atoms with Crippen LogP contribution in [0, 0.1) is 0 Å². The van der Waals surface area contributed by atoms with E-state index in [0.29, 0.717) is 5.92 Å². The minimum atomic E-state index is 0.614. The van der Waals surface area contributed by atoms with Gasteiger partial charge in [-0.15, -0.1) is 0 Å². The van der Waals surface area contributed by atoms with E-state index in [1.807, 2.05) is 12.4 Å². The molecule has 2 rings (SSSR count). The van der Waals surface area contributed by atoms with Crippen LogP contribution in [0.15, 0.2) is 36.7 Å². The standard InChI is InChI=1S/C13H15N/c1-3-10(2)12-6-4-5-11-7-8-14-9-13(11)12/h4-10H,3H2,1-2H3. The maximum absolute atomic E-state index is 4.19. The fourth-order valence-electron chi connectivity index (χ4n) is 1.79. The molecular weight excluding hydrogens is 170 g/mol. The maximum atomic E-state index is 4.19. The second-order valence-electron chi connectivity index (χ2n) is 3.75. The van der Waals surface area contributed by atoms with Crippen LogP contribution in [0.1, 0.15) is 31.7 Å². The Morgan fingerprint density at radius 2 is 2.14 bits per heavy atom. The van der Waals surface area contributed by atoms with Crippen LogP contribution in [-0.4, -0.2) is 4.98 Å². The maximum Gasteiger partial charge on any atom is 0.0349 e. The van der Waals surface area contributed by atoms with Crippen molar-refractivity contribution in [1.29, 1.82) is 0 Å². The molecule has 14 heavy (non-hydrogen) atoms. The lowest BCUT2D eigenvalue weighted by atomic mass is 9.94. The number of nitrogens with zero attached hydrogens (tertiary/aromatic N) is 1. The summed E-state index contributed by atoms with van der Waals surface area (Å²) in [6.45, 7) is 4.49. The van der Waals surface area contributed by atoms with Gasteiger partial charge in [-0.05, 0) is 29.4 Å². The third-order valence-corrected chi connectivity index (χ3v) is 2.86. The van der Waals surface area contributed by atoms with Crippen molar-refractivity contribution < 1.29 is 0 Å². The van der Waals surface area contributed by atoms with Crippen molar-refractivity contribution in [2.75, 3.05) is 0 Å². The fourth-order valence-corrected chi connectivity index (χ4v) is 1.79. The Kier molecular flexibility index (Phi) is 2.49. The number of pyridine rings is 1. The number of fused-ring (bicyclic) bond motifs is 1. The molecule has 1 aromatic carbocycles. The van der Waals surface area contributed by atoms with Gasteiger partial charge in [0, 0.05) is 17.8 Å². The predicted molar refractivity (Wildman–Crippen MR) is 60.4 cm³/mol. The molecule has 1 heterocycles. The highest BCUT2D eigenvalue weighted by Gasteiger charge is 2.06. The second-order valence-corrected chi connectivity index (χ2v) is 3.75. The number of hydrogen-bond donors (Lipinski definition) is 0. The highest BCUT2D eigenvalue weighted by Crippen LogP contribution is 2.26. The quantitative estimate of drug-likeness (QED) is 0.694. The van der Waals surface area contributed by atoms with E-state index in [9.17, 15) is 0 Å². The molecule has 0 aliphatic rings. The zero-order valence-corrected chi connectivity index (χ0v) is 8.70. The zero-order chi connectivity index (χ0) is 9.97. The minimum absolute atomic E-state index is 0.614. The normalized spacial score (nSPS) is 13.0. The summed E-state index contributed by atoms with van der Waals surface area (Å²) in [6.07, 6.45) is 4.99. The van der Waals surface area contributed by atoms with Crippen molar-refractivity contribution in [2.45, 2.75) is 26.2 Å². The molecule has 0 fully saturated rings. The van der Waals surface area contributed by atoms with Crippen molar-refractivity contribution in [1.82, 2.24) is 4.98 Å². The number of rotatable bonds is 2. The third kappa shape index (κ3) is 1.50. The summed E-state index contributed by atoms with van der Waals surface area (Å²) in [4.78, 5) is 4.19. The van der Waals surface area contributed by atoms with Gasteiger partial charge in [-0.25, -0.2) is 0 Å². The molecule has 0 bridgehead atoms. The lowest BCUT2D eigenvalue weighted by molar-refractivity contribution is 0.739. The summed E-state index contributed by atoms with van der Waals surface area (Å²) in [7, 11) is 0. The Morgan fingerprint density at radius 1 is 1.29 bits per heavy atom. The van der Waals surface area contributed by atoms with Gasteiger partial charge in [-0.2, -0.15) is 0 Å². The average Bonchev–Trinajstić information content (AvgIpc) is 2.27. The molecule has 2 aromatic rings. The highest BCUT2D eigenvalue weighted by atomic mass is 14.6. The van der Waals surface area contributed by atoms with E-state index >= 15 is 0 Å². The van der Waals surface area contributed by atoms with Gasteiger partial charge >= 0.3 is 0 Å². The topological polar surface area (TPSA) is 12.9 Å². The monoisotopic (exact) mass is 185 g/mol. The number of benzene rings is 1. The molecule has 0 spiro atoms. The minimum Gasteiger partial charge on any atom is -0.264 e. The lowest BCUT2D eigenvalue weighted by Crippen LogP contribution is -1.92.